The number of hydrogen-bond donors (Lipinski definition) is 0. The lowest BCUT2D eigenvalue weighted by molar-refractivity contribution is -0.0390. The number of ether oxygens (including phenoxy) is 2. The first-order valence-electron chi connectivity index (χ1n) is 4.51. The molecule has 0 saturated heterocycles. The lowest BCUT2D eigenvalue weighted by Crippen LogP contribution is -1.96. The van der Waals surface area contributed by atoms with E-state index < -0.39 is 0 Å². The van der Waals surface area contributed by atoms with Crippen LogP contribution in [0.3, 0.4) is 0 Å². The van der Waals surface area contributed by atoms with Crippen molar-refractivity contribution in [3.05, 3.63) is 35.4 Å². The molecule has 0 atom stereocenters. The van der Waals surface area contributed by atoms with Crippen molar-refractivity contribution in [2.24, 2.45) is 0 Å². The second-order valence-electron chi connectivity index (χ2n) is 2.93. The second kappa shape index (κ2) is 5.73. The first-order valence-corrected chi connectivity index (χ1v) is 4.51. The standard InChI is InChI=1S/C11H16O2/c1-3-10-4-6-11(7-5-10)8-13-9-12-2/h4-7H,3,8-9H2,1-2H3. The Bertz CT molecular complexity index is 228. The van der Waals surface area contributed by atoms with Gasteiger partial charge >= 0.3 is 0 Å². The van der Waals surface area contributed by atoms with Crippen LogP contribution in [0.15, 0.2) is 24.3 Å². The monoisotopic (exact) mass is 180 g/mol. The molecule has 0 aliphatic rings. The quantitative estimate of drug-likeness (QED) is 0.511. The van der Waals surface area contributed by atoms with Gasteiger partial charge in [0.2, 0.25) is 0 Å². The zero-order valence-corrected chi connectivity index (χ0v) is 8.25. The van der Waals surface area contributed by atoms with E-state index in [0.29, 0.717) is 13.4 Å². The van der Waals surface area contributed by atoms with Gasteiger partial charge in [-0.2, -0.15) is 0 Å². The summed E-state index contributed by atoms with van der Waals surface area (Å²) in [5.74, 6) is 0. The van der Waals surface area contributed by atoms with Gasteiger partial charge in [-0.05, 0) is 17.5 Å². The zero-order valence-electron chi connectivity index (χ0n) is 8.25. The van der Waals surface area contributed by atoms with E-state index in [9.17, 15) is 0 Å². The van der Waals surface area contributed by atoms with Crippen molar-refractivity contribution in [2.75, 3.05) is 13.9 Å². The van der Waals surface area contributed by atoms with Gasteiger partial charge in [-0.3, -0.25) is 0 Å². The summed E-state index contributed by atoms with van der Waals surface area (Å²) in [5.41, 5.74) is 2.55. The highest BCUT2D eigenvalue weighted by molar-refractivity contribution is 5.21. The summed E-state index contributed by atoms with van der Waals surface area (Å²) in [7, 11) is 1.63. The molecule has 0 saturated carbocycles. The molecule has 2 nitrogen and oxygen atoms in total. The van der Waals surface area contributed by atoms with Gasteiger partial charge in [-0.25, -0.2) is 0 Å². The minimum Gasteiger partial charge on any atom is -0.359 e. The SMILES string of the molecule is CCc1ccc(COCOC)cc1. The molecule has 0 fully saturated rings. The van der Waals surface area contributed by atoms with Crippen LogP contribution in [0.2, 0.25) is 0 Å². The highest BCUT2D eigenvalue weighted by Crippen LogP contribution is 2.05. The third kappa shape index (κ3) is 3.57. The van der Waals surface area contributed by atoms with Crippen molar-refractivity contribution in [1.29, 1.82) is 0 Å². The molecular weight excluding hydrogens is 164 g/mol. The molecular formula is C11H16O2. The van der Waals surface area contributed by atoms with E-state index in [-0.39, 0.29) is 0 Å². The molecule has 0 bridgehead atoms. The Balaban J connectivity index is 2.40. The van der Waals surface area contributed by atoms with Crippen LogP contribution in [-0.4, -0.2) is 13.9 Å². The van der Waals surface area contributed by atoms with E-state index in [0.717, 1.165) is 6.42 Å². The van der Waals surface area contributed by atoms with Crippen molar-refractivity contribution in [1.82, 2.24) is 0 Å². The van der Waals surface area contributed by atoms with E-state index in [1.54, 1.807) is 7.11 Å². The number of hydrogen-bond acceptors (Lipinski definition) is 2. The van der Waals surface area contributed by atoms with Gasteiger partial charge in [-0.15, -0.1) is 0 Å². The Morgan fingerprint density at radius 2 is 1.69 bits per heavy atom. The molecule has 1 aromatic carbocycles. The average molecular weight is 180 g/mol. The van der Waals surface area contributed by atoms with E-state index in [1.807, 2.05) is 0 Å². The minimum atomic E-state index is 0.357. The maximum Gasteiger partial charge on any atom is 0.146 e. The van der Waals surface area contributed by atoms with Gasteiger partial charge < -0.3 is 9.47 Å². The summed E-state index contributed by atoms with van der Waals surface area (Å²) in [4.78, 5) is 0. The summed E-state index contributed by atoms with van der Waals surface area (Å²) in [5, 5.41) is 0. The zero-order chi connectivity index (χ0) is 9.52. The molecule has 0 spiro atoms. The lowest BCUT2D eigenvalue weighted by Gasteiger charge is -2.03. The normalized spacial score (nSPS) is 10.3. The molecule has 0 aliphatic heterocycles. The second-order valence-corrected chi connectivity index (χ2v) is 2.93. The highest BCUT2D eigenvalue weighted by Gasteiger charge is 1.92. The van der Waals surface area contributed by atoms with Crippen LogP contribution in [0, 0.1) is 0 Å². The third-order valence-electron chi connectivity index (χ3n) is 1.90. The van der Waals surface area contributed by atoms with Crippen LogP contribution in [0.1, 0.15) is 18.1 Å². The fraction of sp³-hybridized carbons (Fsp3) is 0.455. The largest absolute Gasteiger partial charge is 0.359 e. The maximum absolute atomic E-state index is 5.22. The molecule has 13 heavy (non-hydrogen) atoms. The lowest BCUT2D eigenvalue weighted by atomic mass is 10.1. The van der Waals surface area contributed by atoms with Crippen LogP contribution in [-0.2, 0) is 22.5 Å². The van der Waals surface area contributed by atoms with Gasteiger partial charge in [0.05, 0.1) is 6.61 Å². The minimum absolute atomic E-state index is 0.357. The molecule has 0 N–H and O–H groups in total. The van der Waals surface area contributed by atoms with Gasteiger partial charge in [0.1, 0.15) is 6.79 Å². The molecule has 0 radical (unpaired) electrons. The van der Waals surface area contributed by atoms with Gasteiger partial charge in [0, 0.05) is 7.11 Å². The fourth-order valence-electron chi connectivity index (χ4n) is 1.11. The molecule has 0 aromatic heterocycles. The third-order valence-corrected chi connectivity index (χ3v) is 1.90. The van der Waals surface area contributed by atoms with Crippen LogP contribution in [0.5, 0.6) is 0 Å². The molecule has 2 heteroatoms. The Morgan fingerprint density at radius 3 is 2.23 bits per heavy atom. The average Bonchev–Trinajstić information content (AvgIpc) is 2.19. The molecule has 1 aromatic rings. The van der Waals surface area contributed by atoms with Gasteiger partial charge in [0.25, 0.3) is 0 Å². The van der Waals surface area contributed by atoms with Crippen molar-refractivity contribution in [3.8, 4) is 0 Å². The number of aryl methyl sites for hydroxylation is 1. The Kier molecular flexibility index (Phi) is 4.50. The first-order chi connectivity index (χ1) is 6.36. The summed E-state index contributed by atoms with van der Waals surface area (Å²) < 4.78 is 10.0. The number of methoxy groups -OCH3 is 1. The number of rotatable bonds is 5. The summed E-state index contributed by atoms with van der Waals surface area (Å²) >= 11 is 0. The van der Waals surface area contributed by atoms with E-state index in [2.05, 4.69) is 31.2 Å². The van der Waals surface area contributed by atoms with E-state index >= 15 is 0 Å². The fourth-order valence-corrected chi connectivity index (χ4v) is 1.11. The molecule has 0 unspecified atom stereocenters. The Morgan fingerprint density at radius 1 is 1.08 bits per heavy atom. The molecule has 72 valence electrons. The van der Waals surface area contributed by atoms with Crippen molar-refractivity contribution in [2.45, 2.75) is 20.0 Å². The predicted molar refractivity (Wildman–Crippen MR) is 52.5 cm³/mol. The number of benzene rings is 1. The van der Waals surface area contributed by atoms with E-state index in [4.69, 9.17) is 9.47 Å². The van der Waals surface area contributed by atoms with Crippen LogP contribution < -0.4 is 0 Å². The summed E-state index contributed by atoms with van der Waals surface area (Å²) in [6.45, 7) is 3.13. The van der Waals surface area contributed by atoms with Crippen LogP contribution in [0.25, 0.3) is 0 Å². The van der Waals surface area contributed by atoms with Gasteiger partial charge in [0.15, 0.2) is 0 Å². The van der Waals surface area contributed by atoms with Crippen molar-refractivity contribution < 1.29 is 9.47 Å². The van der Waals surface area contributed by atoms with Gasteiger partial charge in [-0.1, -0.05) is 31.2 Å². The highest BCUT2D eigenvalue weighted by atomic mass is 16.7. The van der Waals surface area contributed by atoms with Crippen LogP contribution >= 0.6 is 0 Å². The smallest absolute Gasteiger partial charge is 0.146 e. The Labute approximate surface area is 79.5 Å². The van der Waals surface area contributed by atoms with Crippen molar-refractivity contribution in [3.63, 3.8) is 0 Å². The maximum atomic E-state index is 5.22. The first kappa shape index (κ1) is 10.2. The summed E-state index contributed by atoms with van der Waals surface area (Å²) in [6.07, 6.45) is 1.08. The summed E-state index contributed by atoms with van der Waals surface area (Å²) in [6, 6.07) is 8.44. The predicted octanol–water partition coefficient (Wildman–Crippen LogP) is 2.37. The molecule has 1 rings (SSSR count). The van der Waals surface area contributed by atoms with Crippen LogP contribution in [0.4, 0.5) is 0 Å². The Hall–Kier alpha value is -0.860. The molecule has 0 amide bonds. The molecule has 0 aliphatic carbocycles. The van der Waals surface area contributed by atoms with Crippen molar-refractivity contribution >= 4 is 0 Å². The topological polar surface area (TPSA) is 18.5 Å². The molecule has 0 heterocycles. The van der Waals surface area contributed by atoms with E-state index in [1.165, 1.54) is 11.1 Å².